The maximum absolute atomic E-state index is 11.2. The Morgan fingerprint density at radius 2 is 1.96 bits per heavy atom. The van der Waals surface area contributed by atoms with Crippen molar-refractivity contribution in [3.63, 3.8) is 0 Å². The number of aliphatic hydroxyl groups is 1. The fourth-order valence-electron chi connectivity index (χ4n) is 3.35. The highest BCUT2D eigenvalue weighted by Crippen LogP contribution is 2.41. The molecule has 3 aromatic heterocycles. The van der Waals surface area contributed by atoms with E-state index >= 15 is 0 Å². The Labute approximate surface area is 146 Å². The van der Waals surface area contributed by atoms with E-state index in [2.05, 4.69) is 29.8 Å². The van der Waals surface area contributed by atoms with Crippen molar-refractivity contribution in [1.29, 1.82) is 0 Å². The summed E-state index contributed by atoms with van der Waals surface area (Å²) in [6, 6.07) is 9.81. The Kier molecular flexibility index (Phi) is 3.10. The average molecular weight is 349 g/mol. The van der Waals surface area contributed by atoms with Crippen LogP contribution in [-0.4, -0.2) is 30.4 Å². The van der Waals surface area contributed by atoms with Gasteiger partial charge in [-0.1, -0.05) is 29.4 Å². The standard InChI is InChI=1S/C18H15N5O3/c24-17-20-16(23-26-17)14-13-8-11(9-19-15(13)22-21-14)10-2-4-12(5-3-10)18(25)6-1-7-18/h2-5,8-9,25H,1,6-7H2,(H,19,21,22)(H,20,23,24). The van der Waals surface area contributed by atoms with E-state index < -0.39 is 11.4 Å². The molecule has 4 aromatic rings. The molecule has 1 aromatic carbocycles. The predicted molar refractivity (Wildman–Crippen MR) is 93.2 cm³/mol. The molecule has 1 aliphatic rings. The smallest absolute Gasteiger partial charge is 0.385 e. The molecule has 8 nitrogen and oxygen atoms in total. The zero-order valence-electron chi connectivity index (χ0n) is 13.7. The highest BCUT2D eigenvalue weighted by molar-refractivity contribution is 5.91. The highest BCUT2D eigenvalue weighted by Gasteiger charge is 2.35. The fraction of sp³-hybridized carbons (Fsp3) is 0.222. The summed E-state index contributed by atoms with van der Waals surface area (Å²) in [4.78, 5) is 18.1. The number of benzene rings is 1. The minimum atomic E-state index is -0.669. The molecule has 3 N–H and O–H groups in total. The van der Waals surface area contributed by atoms with Gasteiger partial charge in [0, 0.05) is 11.8 Å². The van der Waals surface area contributed by atoms with E-state index in [1.807, 2.05) is 30.3 Å². The van der Waals surface area contributed by atoms with Crippen molar-refractivity contribution < 1.29 is 9.63 Å². The summed E-state index contributed by atoms with van der Waals surface area (Å²) in [5.41, 5.74) is 3.22. The maximum atomic E-state index is 11.2. The number of nitrogens with one attached hydrogen (secondary N) is 2. The molecule has 0 atom stereocenters. The number of fused-ring (bicyclic) bond motifs is 1. The van der Waals surface area contributed by atoms with Gasteiger partial charge in [0.25, 0.3) is 0 Å². The van der Waals surface area contributed by atoms with E-state index in [9.17, 15) is 9.90 Å². The average Bonchev–Trinajstić information content (AvgIpc) is 3.25. The molecular formula is C18H15N5O3. The fourth-order valence-corrected chi connectivity index (χ4v) is 3.35. The van der Waals surface area contributed by atoms with Crippen molar-refractivity contribution in [2.45, 2.75) is 24.9 Å². The minimum Gasteiger partial charge on any atom is -0.385 e. The first-order valence-corrected chi connectivity index (χ1v) is 8.36. The van der Waals surface area contributed by atoms with Crippen LogP contribution in [0.1, 0.15) is 24.8 Å². The Morgan fingerprint density at radius 1 is 1.15 bits per heavy atom. The maximum Gasteiger partial charge on any atom is 0.439 e. The molecule has 0 amide bonds. The van der Waals surface area contributed by atoms with Crippen molar-refractivity contribution in [3.05, 3.63) is 52.6 Å². The summed E-state index contributed by atoms with van der Waals surface area (Å²) in [6.07, 6.45) is 4.43. The summed E-state index contributed by atoms with van der Waals surface area (Å²) in [5.74, 6) is -0.351. The topological polar surface area (TPSA) is 121 Å². The van der Waals surface area contributed by atoms with Gasteiger partial charge in [-0.25, -0.2) is 9.78 Å². The molecule has 0 aliphatic heterocycles. The van der Waals surface area contributed by atoms with Gasteiger partial charge in [-0.2, -0.15) is 5.10 Å². The van der Waals surface area contributed by atoms with E-state index in [0.29, 0.717) is 11.3 Å². The highest BCUT2D eigenvalue weighted by atomic mass is 16.5. The third-order valence-electron chi connectivity index (χ3n) is 5.02. The van der Waals surface area contributed by atoms with Crippen LogP contribution in [0.4, 0.5) is 0 Å². The van der Waals surface area contributed by atoms with Crippen LogP contribution in [-0.2, 0) is 5.60 Å². The predicted octanol–water partition coefficient (Wildman–Crippen LogP) is 2.34. The molecule has 26 heavy (non-hydrogen) atoms. The first kappa shape index (κ1) is 15.0. The molecule has 0 spiro atoms. The first-order valence-electron chi connectivity index (χ1n) is 8.36. The Balaban J connectivity index is 1.56. The van der Waals surface area contributed by atoms with E-state index in [-0.39, 0.29) is 5.82 Å². The molecule has 0 saturated heterocycles. The van der Waals surface area contributed by atoms with Crippen LogP contribution in [0.15, 0.2) is 45.8 Å². The largest absolute Gasteiger partial charge is 0.439 e. The van der Waals surface area contributed by atoms with E-state index in [4.69, 9.17) is 0 Å². The normalized spacial score (nSPS) is 15.9. The molecule has 1 fully saturated rings. The summed E-state index contributed by atoms with van der Waals surface area (Å²) in [5, 5.41) is 21.8. The minimum absolute atomic E-state index is 0.277. The molecule has 130 valence electrons. The molecule has 0 bridgehead atoms. The lowest BCUT2D eigenvalue weighted by atomic mass is 9.75. The van der Waals surface area contributed by atoms with Crippen LogP contribution in [0, 0.1) is 0 Å². The second kappa shape index (κ2) is 5.37. The summed E-state index contributed by atoms with van der Waals surface area (Å²) in [6.45, 7) is 0. The van der Waals surface area contributed by atoms with Crippen LogP contribution in [0.3, 0.4) is 0 Å². The van der Waals surface area contributed by atoms with Gasteiger partial charge >= 0.3 is 5.76 Å². The molecule has 3 heterocycles. The van der Waals surface area contributed by atoms with Gasteiger partial charge in [0.05, 0.1) is 11.0 Å². The molecular weight excluding hydrogens is 334 g/mol. The van der Waals surface area contributed by atoms with Crippen molar-refractivity contribution in [1.82, 2.24) is 25.3 Å². The molecule has 8 heteroatoms. The Hall–Kier alpha value is -3.26. The number of aromatic amines is 2. The molecule has 1 saturated carbocycles. The van der Waals surface area contributed by atoms with Crippen molar-refractivity contribution in [2.75, 3.05) is 0 Å². The van der Waals surface area contributed by atoms with E-state index in [1.165, 1.54) is 0 Å². The van der Waals surface area contributed by atoms with Gasteiger partial charge in [-0.15, -0.1) is 0 Å². The molecule has 1 aliphatic carbocycles. The van der Waals surface area contributed by atoms with Crippen LogP contribution < -0.4 is 5.76 Å². The van der Waals surface area contributed by atoms with Gasteiger partial charge in [0.1, 0.15) is 5.69 Å². The van der Waals surface area contributed by atoms with Gasteiger partial charge in [-0.3, -0.25) is 14.6 Å². The monoisotopic (exact) mass is 349 g/mol. The Bertz CT molecular complexity index is 1150. The number of rotatable bonds is 3. The van der Waals surface area contributed by atoms with E-state index in [0.717, 1.165) is 41.3 Å². The van der Waals surface area contributed by atoms with Crippen molar-refractivity contribution >= 4 is 11.0 Å². The SMILES string of the molecule is O=c1[nH]c(-c2[nH]nc3ncc(-c4ccc(C5(O)CCC5)cc4)cc23)no1. The number of H-pyrrole nitrogens is 2. The molecule has 0 radical (unpaired) electrons. The zero-order chi connectivity index (χ0) is 17.7. The van der Waals surface area contributed by atoms with Crippen LogP contribution >= 0.6 is 0 Å². The number of hydrogen-bond donors (Lipinski definition) is 3. The van der Waals surface area contributed by atoms with Gasteiger partial charge in [0.15, 0.2) is 5.65 Å². The zero-order valence-corrected chi connectivity index (χ0v) is 13.7. The van der Waals surface area contributed by atoms with Crippen LogP contribution in [0.2, 0.25) is 0 Å². The Morgan fingerprint density at radius 3 is 2.62 bits per heavy atom. The molecule has 0 unspecified atom stereocenters. The number of nitrogens with zero attached hydrogens (tertiary/aromatic N) is 3. The van der Waals surface area contributed by atoms with Gasteiger partial charge in [-0.05, 0) is 36.5 Å². The quantitative estimate of drug-likeness (QED) is 0.522. The lowest BCUT2D eigenvalue weighted by Crippen LogP contribution is -2.33. The summed E-state index contributed by atoms with van der Waals surface area (Å²) in [7, 11) is 0. The second-order valence-corrected chi connectivity index (χ2v) is 6.60. The van der Waals surface area contributed by atoms with Crippen LogP contribution in [0.5, 0.6) is 0 Å². The van der Waals surface area contributed by atoms with E-state index in [1.54, 1.807) is 6.20 Å². The second-order valence-electron chi connectivity index (χ2n) is 6.60. The molecule has 5 rings (SSSR count). The van der Waals surface area contributed by atoms with Crippen molar-refractivity contribution in [3.8, 4) is 22.6 Å². The third kappa shape index (κ3) is 2.26. The van der Waals surface area contributed by atoms with Crippen LogP contribution in [0.25, 0.3) is 33.7 Å². The van der Waals surface area contributed by atoms with Gasteiger partial charge < -0.3 is 5.11 Å². The summed E-state index contributed by atoms with van der Waals surface area (Å²) >= 11 is 0. The number of pyridine rings is 1. The first-order chi connectivity index (χ1) is 12.6. The lowest BCUT2D eigenvalue weighted by molar-refractivity contribution is -0.0387. The number of hydrogen-bond acceptors (Lipinski definition) is 6. The lowest BCUT2D eigenvalue weighted by Gasteiger charge is -2.37. The summed E-state index contributed by atoms with van der Waals surface area (Å²) < 4.78 is 4.56. The number of aromatic nitrogens is 5. The third-order valence-corrected chi connectivity index (χ3v) is 5.02. The van der Waals surface area contributed by atoms with Gasteiger partial charge in [0.2, 0.25) is 5.82 Å². The van der Waals surface area contributed by atoms with Crippen molar-refractivity contribution in [2.24, 2.45) is 0 Å².